The Labute approximate surface area is 123 Å². The van der Waals surface area contributed by atoms with Gasteiger partial charge in [-0.3, -0.25) is 14.3 Å². The Balaban J connectivity index is 2.22. The fourth-order valence-electron chi connectivity index (χ4n) is 2.36. The first-order valence-electron chi connectivity index (χ1n) is 6.70. The summed E-state index contributed by atoms with van der Waals surface area (Å²) in [4.78, 5) is 25.7. The van der Waals surface area contributed by atoms with Crippen LogP contribution in [-0.4, -0.2) is 39.1 Å². The monoisotopic (exact) mass is 298 g/mol. The molecule has 1 atom stereocenters. The summed E-state index contributed by atoms with van der Waals surface area (Å²) in [6, 6.07) is -0.446. The van der Waals surface area contributed by atoms with E-state index in [-0.39, 0.29) is 11.8 Å². The Morgan fingerprint density at radius 2 is 2.15 bits per heavy atom. The van der Waals surface area contributed by atoms with Crippen LogP contribution in [0.4, 0.5) is 0 Å². The van der Waals surface area contributed by atoms with Gasteiger partial charge in [0.05, 0.1) is 23.0 Å². The predicted octanol–water partition coefficient (Wildman–Crippen LogP) is 1.01. The van der Waals surface area contributed by atoms with Gasteiger partial charge in [-0.1, -0.05) is 18.5 Å². The average molecular weight is 299 g/mol. The number of nitrogens with zero attached hydrogens (tertiary/aromatic N) is 3. The lowest BCUT2D eigenvalue weighted by Crippen LogP contribution is -2.44. The molecular formula is C13H19ClN4O2. The molecule has 7 heteroatoms. The normalized spacial score (nSPS) is 20.0. The van der Waals surface area contributed by atoms with E-state index in [0.29, 0.717) is 31.0 Å². The number of carbonyl (C=O) groups is 2. The van der Waals surface area contributed by atoms with Crippen molar-refractivity contribution in [3.05, 3.63) is 16.4 Å². The quantitative estimate of drug-likeness (QED) is 0.905. The molecule has 1 aliphatic rings. The van der Waals surface area contributed by atoms with E-state index >= 15 is 0 Å². The van der Waals surface area contributed by atoms with E-state index in [2.05, 4.69) is 10.4 Å². The number of rotatable bonds is 3. The van der Waals surface area contributed by atoms with Gasteiger partial charge in [-0.05, 0) is 13.3 Å². The van der Waals surface area contributed by atoms with E-state index < -0.39 is 6.04 Å². The Morgan fingerprint density at radius 3 is 2.70 bits per heavy atom. The van der Waals surface area contributed by atoms with Crippen LogP contribution in [0.1, 0.15) is 31.2 Å². The summed E-state index contributed by atoms with van der Waals surface area (Å²) in [7, 11) is 1.80. The SMILES string of the molecule is CCC1NC(=O)CCN(Cc2c(Cl)c(C)nn2C)C1=O. The number of nitrogens with one attached hydrogen (secondary N) is 1. The molecule has 0 saturated carbocycles. The predicted molar refractivity (Wildman–Crippen MR) is 75.2 cm³/mol. The van der Waals surface area contributed by atoms with Gasteiger partial charge in [0.2, 0.25) is 11.8 Å². The van der Waals surface area contributed by atoms with Crippen LogP contribution in [0, 0.1) is 6.92 Å². The van der Waals surface area contributed by atoms with Crippen molar-refractivity contribution in [2.75, 3.05) is 6.54 Å². The van der Waals surface area contributed by atoms with Crippen molar-refractivity contribution in [2.45, 2.75) is 39.3 Å². The second kappa shape index (κ2) is 5.83. The van der Waals surface area contributed by atoms with E-state index in [4.69, 9.17) is 11.6 Å². The van der Waals surface area contributed by atoms with Gasteiger partial charge in [0.25, 0.3) is 0 Å². The molecule has 1 fully saturated rings. The Morgan fingerprint density at radius 1 is 1.45 bits per heavy atom. The first-order valence-corrected chi connectivity index (χ1v) is 7.08. The van der Waals surface area contributed by atoms with Crippen LogP contribution in [0.5, 0.6) is 0 Å². The zero-order valence-electron chi connectivity index (χ0n) is 11.9. The molecule has 1 N–H and O–H groups in total. The van der Waals surface area contributed by atoms with Crippen LogP contribution in [0.3, 0.4) is 0 Å². The lowest BCUT2D eigenvalue weighted by atomic mass is 10.2. The number of carbonyl (C=O) groups excluding carboxylic acids is 2. The van der Waals surface area contributed by atoms with Gasteiger partial charge in [0, 0.05) is 20.0 Å². The van der Waals surface area contributed by atoms with E-state index in [1.165, 1.54) is 0 Å². The van der Waals surface area contributed by atoms with Crippen LogP contribution in [0.25, 0.3) is 0 Å². The molecular weight excluding hydrogens is 280 g/mol. The number of hydrogen-bond donors (Lipinski definition) is 1. The molecule has 2 rings (SSSR count). The summed E-state index contributed by atoms with van der Waals surface area (Å²) in [5, 5.41) is 7.57. The molecule has 1 aromatic heterocycles. The molecule has 2 heterocycles. The largest absolute Gasteiger partial charge is 0.344 e. The van der Waals surface area contributed by atoms with Gasteiger partial charge in [-0.25, -0.2) is 0 Å². The number of amides is 2. The minimum Gasteiger partial charge on any atom is -0.344 e. The third kappa shape index (κ3) is 2.80. The van der Waals surface area contributed by atoms with E-state index in [9.17, 15) is 9.59 Å². The third-order valence-electron chi connectivity index (χ3n) is 3.56. The zero-order valence-corrected chi connectivity index (χ0v) is 12.7. The summed E-state index contributed by atoms with van der Waals surface area (Å²) in [6.45, 7) is 4.49. The molecule has 1 aliphatic heterocycles. The second-order valence-electron chi connectivity index (χ2n) is 5.01. The molecule has 6 nitrogen and oxygen atoms in total. The molecule has 1 aromatic rings. The van der Waals surface area contributed by atoms with Gasteiger partial charge in [-0.15, -0.1) is 0 Å². The number of aryl methyl sites for hydroxylation is 2. The first kappa shape index (κ1) is 14.8. The molecule has 0 aliphatic carbocycles. The lowest BCUT2D eigenvalue weighted by Gasteiger charge is -2.23. The van der Waals surface area contributed by atoms with Gasteiger partial charge in [0.1, 0.15) is 6.04 Å². The number of aromatic nitrogens is 2. The topological polar surface area (TPSA) is 67.2 Å². The zero-order chi connectivity index (χ0) is 14.9. The number of halogens is 1. The summed E-state index contributed by atoms with van der Waals surface area (Å²) in [6.07, 6.45) is 0.899. The smallest absolute Gasteiger partial charge is 0.245 e. The van der Waals surface area contributed by atoms with Crippen molar-refractivity contribution >= 4 is 23.4 Å². The Kier molecular flexibility index (Phi) is 4.32. The van der Waals surface area contributed by atoms with Crippen molar-refractivity contribution in [1.29, 1.82) is 0 Å². The van der Waals surface area contributed by atoms with Crippen LogP contribution in [-0.2, 0) is 23.2 Å². The maximum absolute atomic E-state index is 12.4. The minimum absolute atomic E-state index is 0.0618. The van der Waals surface area contributed by atoms with Gasteiger partial charge in [0.15, 0.2) is 0 Å². The number of hydrogen-bond acceptors (Lipinski definition) is 3. The van der Waals surface area contributed by atoms with E-state index in [1.807, 2.05) is 13.8 Å². The fourth-order valence-corrected chi connectivity index (χ4v) is 2.58. The van der Waals surface area contributed by atoms with Crippen molar-refractivity contribution in [3.8, 4) is 0 Å². The standard InChI is InChI=1S/C13H19ClN4O2/c1-4-9-13(20)18(6-5-11(19)15-9)7-10-12(14)8(2)16-17(10)3/h9H,4-7H2,1-3H3,(H,15,19). The second-order valence-corrected chi connectivity index (χ2v) is 5.39. The summed E-state index contributed by atoms with van der Waals surface area (Å²) in [5.41, 5.74) is 1.54. The summed E-state index contributed by atoms with van der Waals surface area (Å²) >= 11 is 6.22. The molecule has 2 amide bonds. The molecule has 0 aromatic carbocycles. The molecule has 1 saturated heterocycles. The molecule has 0 spiro atoms. The maximum Gasteiger partial charge on any atom is 0.245 e. The molecule has 20 heavy (non-hydrogen) atoms. The lowest BCUT2D eigenvalue weighted by molar-refractivity contribution is -0.134. The molecule has 110 valence electrons. The highest BCUT2D eigenvalue weighted by atomic mass is 35.5. The molecule has 1 unspecified atom stereocenters. The fraction of sp³-hybridized carbons (Fsp3) is 0.615. The van der Waals surface area contributed by atoms with Crippen molar-refractivity contribution in [2.24, 2.45) is 7.05 Å². The molecule has 0 bridgehead atoms. The third-order valence-corrected chi connectivity index (χ3v) is 4.06. The highest BCUT2D eigenvalue weighted by Gasteiger charge is 2.29. The van der Waals surface area contributed by atoms with Crippen LogP contribution in [0.2, 0.25) is 5.02 Å². The van der Waals surface area contributed by atoms with E-state index in [0.717, 1.165) is 11.4 Å². The summed E-state index contributed by atoms with van der Waals surface area (Å²) in [5.74, 6) is -0.145. The Hall–Kier alpha value is -1.56. The minimum atomic E-state index is -0.446. The highest BCUT2D eigenvalue weighted by molar-refractivity contribution is 6.31. The van der Waals surface area contributed by atoms with Crippen LogP contribution < -0.4 is 5.32 Å². The van der Waals surface area contributed by atoms with Gasteiger partial charge < -0.3 is 10.2 Å². The first-order chi connectivity index (χ1) is 9.43. The van der Waals surface area contributed by atoms with Crippen molar-refractivity contribution in [1.82, 2.24) is 20.0 Å². The average Bonchev–Trinajstić information content (AvgIpc) is 2.57. The van der Waals surface area contributed by atoms with Crippen molar-refractivity contribution in [3.63, 3.8) is 0 Å². The van der Waals surface area contributed by atoms with E-state index in [1.54, 1.807) is 16.6 Å². The van der Waals surface area contributed by atoms with Gasteiger partial charge >= 0.3 is 0 Å². The Bertz CT molecular complexity index is 541. The highest BCUT2D eigenvalue weighted by Crippen LogP contribution is 2.22. The maximum atomic E-state index is 12.4. The van der Waals surface area contributed by atoms with Crippen LogP contribution >= 0.6 is 11.6 Å². The van der Waals surface area contributed by atoms with Crippen LogP contribution in [0.15, 0.2) is 0 Å². The van der Waals surface area contributed by atoms with Crippen molar-refractivity contribution < 1.29 is 9.59 Å². The molecule has 0 radical (unpaired) electrons. The van der Waals surface area contributed by atoms with Gasteiger partial charge in [-0.2, -0.15) is 5.10 Å². The summed E-state index contributed by atoms with van der Waals surface area (Å²) < 4.78 is 1.69.